The van der Waals surface area contributed by atoms with Crippen molar-refractivity contribution in [3.05, 3.63) is 138 Å². The average molecular weight is 564 g/mol. The van der Waals surface area contributed by atoms with E-state index in [1.807, 2.05) is 74.5 Å². The van der Waals surface area contributed by atoms with E-state index in [0.717, 1.165) is 16.7 Å². The standard InChI is InChI=1S/C34H33N3O3S/c1-33(2)29(30(39)35-22-23-14-12-13-21-27(23)38)37-31(40)28(32(37)41-33)36-34(24-15-6-3-7-16-24,25-17-8-4-9-18-25)26-19-10-5-11-20-26/h3-21,28-29,32,36,38H,22H2,1-2H3,(H,35,39). The predicted molar refractivity (Wildman–Crippen MR) is 162 cm³/mol. The van der Waals surface area contributed by atoms with Crippen LogP contribution in [-0.4, -0.2) is 44.0 Å². The molecular formula is C34H33N3O3S. The number of phenols is 1. The number of aromatic hydroxyl groups is 1. The molecule has 2 heterocycles. The van der Waals surface area contributed by atoms with Crippen molar-refractivity contribution in [2.75, 3.05) is 0 Å². The van der Waals surface area contributed by atoms with Gasteiger partial charge in [-0.15, -0.1) is 11.8 Å². The molecule has 3 N–H and O–H groups in total. The molecule has 4 aromatic rings. The van der Waals surface area contributed by atoms with Crippen LogP contribution < -0.4 is 10.6 Å². The Morgan fingerprint density at radius 2 is 1.32 bits per heavy atom. The Hall–Kier alpha value is -4.07. The zero-order valence-electron chi connectivity index (χ0n) is 23.0. The number of hydrogen-bond acceptors (Lipinski definition) is 5. The van der Waals surface area contributed by atoms with Gasteiger partial charge in [0.2, 0.25) is 11.8 Å². The lowest BCUT2D eigenvalue weighted by Crippen LogP contribution is -2.73. The van der Waals surface area contributed by atoms with Gasteiger partial charge >= 0.3 is 0 Å². The van der Waals surface area contributed by atoms with Crippen LogP contribution in [0.15, 0.2) is 115 Å². The van der Waals surface area contributed by atoms with Gasteiger partial charge in [0.15, 0.2) is 0 Å². The first kappa shape index (κ1) is 27.1. The van der Waals surface area contributed by atoms with Gasteiger partial charge in [0, 0.05) is 16.9 Å². The quantitative estimate of drug-likeness (QED) is 0.207. The number of amides is 2. The van der Waals surface area contributed by atoms with Crippen LogP contribution >= 0.6 is 11.8 Å². The fourth-order valence-corrected chi connectivity index (χ4v) is 7.79. The SMILES string of the molecule is CC1(C)SC2C(NC(c3ccccc3)(c3ccccc3)c3ccccc3)C(=O)N2C1C(=O)NCc1ccccc1O. The lowest BCUT2D eigenvalue weighted by atomic mass is 9.76. The molecule has 2 aliphatic heterocycles. The lowest BCUT2D eigenvalue weighted by molar-refractivity contribution is -0.154. The highest BCUT2D eigenvalue weighted by Crippen LogP contribution is 2.52. The Kier molecular flexibility index (Phi) is 7.09. The number of fused-ring (bicyclic) bond motifs is 1. The maximum Gasteiger partial charge on any atom is 0.244 e. The van der Waals surface area contributed by atoms with Crippen molar-refractivity contribution in [3.8, 4) is 5.75 Å². The molecule has 208 valence electrons. The molecule has 0 bridgehead atoms. The van der Waals surface area contributed by atoms with E-state index in [1.54, 1.807) is 34.9 Å². The summed E-state index contributed by atoms with van der Waals surface area (Å²) in [6.07, 6.45) is 0. The summed E-state index contributed by atoms with van der Waals surface area (Å²) in [6.45, 7) is 4.23. The zero-order valence-corrected chi connectivity index (χ0v) is 23.8. The minimum atomic E-state index is -0.786. The van der Waals surface area contributed by atoms with Gasteiger partial charge in [-0.3, -0.25) is 14.9 Å². The first-order chi connectivity index (χ1) is 19.8. The molecule has 2 fully saturated rings. The van der Waals surface area contributed by atoms with Crippen molar-refractivity contribution in [1.29, 1.82) is 0 Å². The van der Waals surface area contributed by atoms with E-state index in [0.29, 0.717) is 5.56 Å². The summed E-state index contributed by atoms with van der Waals surface area (Å²) in [5, 5.41) is 16.7. The van der Waals surface area contributed by atoms with E-state index >= 15 is 0 Å². The number of para-hydroxylation sites is 1. The van der Waals surface area contributed by atoms with Gasteiger partial charge in [0.1, 0.15) is 23.2 Å². The summed E-state index contributed by atoms with van der Waals surface area (Å²) in [4.78, 5) is 29.2. The van der Waals surface area contributed by atoms with Gasteiger partial charge in [-0.2, -0.15) is 0 Å². The van der Waals surface area contributed by atoms with Crippen molar-refractivity contribution in [2.24, 2.45) is 0 Å². The van der Waals surface area contributed by atoms with E-state index in [2.05, 4.69) is 47.0 Å². The molecule has 3 unspecified atom stereocenters. The molecule has 7 heteroatoms. The number of phenolic OH excluding ortho intramolecular Hbond substituents is 1. The number of thioether (sulfide) groups is 1. The van der Waals surface area contributed by atoms with Crippen molar-refractivity contribution >= 4 is 23.6 Å². The van der Waals surface area contributed by atoms with Crippen LogP contribution in [0.1, 0.15) is 36.1 Å². The zero-order chi connectivity index (χ0) is 28.6. The molecule has 4 aromatic carbocycles. The first-order valence-electron chi connectivity index (χ1n) is 13.8. The Bertz CT molecular complexity index is 1450. The smallest absolute Gasteiger partial charge is 0.244 e. The largest absolute Gasteiger partial charge is 0.508 e. The average Bonchev–Trinajstić information content (AvgIpc) is 3.26. The second kappa shape index (κ2) is 10.7. The van der Waals surface area contributed by atoms with E-state index in [4.69, 9.17) is 0 Å². The Morgan fingerprint density at radius 1 is 0.829 bits per heavy atom. The minimum Gasteiger partial charge on any atom is -0.508 e. The van der Waals surface area contributed by atoms with E-state index < -0.39 is 22.4 Å². The van der Waals surface area contributed by atoms with Crippen LogP contribution in [0.4, 0.5) is 0 Å². The predicted octanol–water partition coefficient (Wildman–Crippen LogP) is 5.02. The fraction of sp³-hybridized carbons (Fsp3) is 0.235. The molecule has 0 spiro atoms. The topological polar surface area (TPSA) is 81.7 Å². The van der Waals surface area contributed by atoms with Crippen molar-refractivity contribution in [1.82, 2.24) is 15.5 Å². The highest BCUT2D eigenvalue weighted by Gasteiger charge is 2.64. The van der Waals surface area contributed by atoms with Gasteiger partial charge in [-0.25, -0.2) is 0 Å². The maximum atomic E-state index is 14.0. The highest BCUT2D eigenvalue weighted by atomic mass is 32.2. The Balaban J connectivity index is 1.33. The number of carbonyl (C=O) groups is 2. The second-order valence-corrected chi connectivity index (χ2v) is 12.8. The Labute approximate surface area is 244 Å². The number of hydrogen-bond donors (Lipinski definition) is 3. The lowest BCUT2D eigenvalue weighted by Gasteiger charge is -2.49. The van der Waals surface area contributed by atoms with Gasteiger partial charge in [-0.05, 0) is 36.6 Å². The third-order valence-electron chi connectivity index (χ3n) is 8.13. The molecule has 3 atom stereocenters. The summed E-state index contributed by atoms with van der Waals surface area (Å²) in [5.74, 6) is -0.183. The number of benzene rings is 4. The van der Waals surface area contributed by atoms with Crippen LogP contribution in [0.5, 0.6) is 5.75 Å². The van der Waals surface area contributed by atoms with E-state index in [1.165, 1.54) is 0 Å². The highest BCUT2D eigenvalue weighted by molar-refractivity contribution is 8.01. The van der Waals surface area contributed by atoms with Gasteiger partial charge in [0.05, 0.1) is 5.54 Å². The molecule has 2 aliphatic rings. The summed E-state index contributed by atoms with van der Waals surface area (Å²) in [7, 11) is 0. The number of carbonyl (C=O) groups excluding carboxylic acids is 2. The number of β-lactam (4-membered cyclic amide) rings is 1. The van der Waals surface area contributed by atoms with Gasteiger partial charge in [0.25, 0.3) is 0 Å². The number of nitrogens with one attached hydrogen (secondary N) is 2. The van der Waals surface area contributed by atoms with Crippen molar-refractivity contribution < 1.29 is 14.7 Å². The van der Waals surface area contributed by atoms with Crippen LogP contribution in [0, 0.1) is 0 Å². The molecule has 0 radical (unpaired) electrons. The molecule has 2 amide bonds. The number of rotatable bonds is 8. The molecule has 0 aliphatic carbocycles. The van der Waals surface area contributed by atoms with Crippen molar-refractivity contribution in [2.45, 2.75) is 48.1 Å². The first-order valence-corrected chi connectivity index (χ1v) is 14.7. The summed E-state index contributed by atoms with van der Waals surface area (Å²) in [5.41, 5.74) is 2.94. The van der Waals surface area contributed by atoms with Crippen LogP contribution in [0.3, 0.4) is 0 Å². The molecule has 6 rings (SSSR count). The van der Waals surface area contributed by atoms with E-state index in [-0.39, 0.29) is 29.5 Å². The van der Waals surface area contributed by atoms with Gasteiger partial charge in [-0.1, -0.05) is 109 Å². The fourth-order valence-electron chi connectivity index (χ4n) is 6.16. The van der Waals surface area contributed by atoms with Crippen molar-refractivity contribution in [3.63, 3.8) is 0 Å². The molecule has 2 saturated heterocycles. The molecule has 0 aromatic heterocycles. The van der Waals surface area contributed by atoms with Crippen LogP contribution in [0.25, 0.3) is 0 Å². The molecule has 6 nitrogen and oxygen atoms in total. The normalized spacial score (nSPS) is 21.2. The molecular weight excluding hydrogens is 530 g/mol. The molecule has 0 saturated carbocycles. The maximum absolute atomic E-state index is 14.0. The summed E-state index contributed by atoms with van der Waals surface area (Å²) in [6, 6.07) is 36.5. The van der Waals surface area contributed by atoms with Gasteiger partial charge < -0.3 is 15.3 Å². The van der Waals surface area contributed by atoms with Crippen LogP contribution in [0.2, 0.25) is 0 Å². The Morgan fingerprint density at radius 3 is 1.83 bits per heavy atom. The van der Waals surface area contributed by atoms with E-state index in [9.17, 15) is 14.7 Å². The number of nitrogens with zero attached hydrogens (tertiary/aromatic N) is 1. The third kappa shape index (κ3) is 4.69. The van der Waals surface area contributed by atoms with Crippen LogP contribution in [-0.2, 0) is 21.7 Å². The minimum absolute atomic E-state index is 0.0945. The monoisotopic (exact) mass is 563 g/mol. The second-order valence-electron chi connectivity index (χ2n) is 11.1. The molecule has 41 heavy (non-hydrogen) atoms. The summed E-state index contributed by atoms with van der Waals surface area (Å²) < 4.78 is -0.505. The summed E-state index contributed by atoms with van der Waals surface area (Å²) >= 11 is 1.65. The third-order valence-corrected chi connectivity index (χ3v) is 9.70.